The summed E-state index contributed by atoms with van der Waals surface area (Å²) in [7, 11) is 0. The number of hydrogen-bond donors (Lipinski definition) is 0. The molecular formula is C57H39N7. The van der Waals surface area contributed by atoms with Crippen LogP contribution in [0.1, 0.15) is 22.9 Å². The molecule has 64 heavy (non-hydrogen) atoms. The summed E-state index contributed by atoms with van der Waals surface area (Å²) < 4.78 is 6.93. The second-order valence-electron chi connectivity index (χ2n) is 16.7. The second-order valence-corrected chi connectivity index (χ2v) is 16.7. The van der Waals surface area contributed by atoms with E-state index < -0.39 is 0 Å². The van der Waals surface area contributed by atoms with Crippen LogP contribution in [0, 0.1) is 0 Å². The Balaban J connectivity index is 1.06. The van der Waals surface area contributed by atoms with Crippen LogP contribution in [-0.2, 0) is 12.8 Å². The fourth-order valence-corrected chi connectivity index (χ4v) is 10.0. The molecular weight excluding hydrogens is 783 g/mol. The van der Waals surface area contributed by atoms with Crippen LogP contribution in [0.15, 0.2) is 206 Å². The number of nitrogens with zero attached hydrogens (tertiary/aromatic N) is 7. The van der Waals surface area contributed by atoms with E-state index in [0.717, 1.165) is 74.4 Å². The van der Waals surface area contributed by atoms with Gasteiger partial charge in [-0.3, -0.25) is 9.13 Å². The molecule has 0 bridgehead atoms. The van der Waals surface area contributed by atoms with Gasteiger partial charge in [0.05, 0.1) is 22.2 Å². The minimum atomic E-state index is 0.268. The average Bonchev–Trinajstić information content (AvgIpc) is 4.01. The molecule has 0 amide bonds. The fourth-order valence-electron chi connectivity index (χ4n) is 10.0. The Labute approximate surface area is 369 Å². The van der Waals surface area contributed by atoms with Crippen molar-refractivity contribution in [2.75, 3.05) is 0 Å². The summed E-state index contributed by atoms with van der Waals surface area (Å²) in [5.74, 6) is 3.04. The third-order valence-corrected chi connectivity index (χ3v) is 12.9. The zero-order valence-electron chi connectivity index (χ0n) is 34.8. The van der Waals surface area contributed by atoms with E-state index in [2.05, 4.69) is 184 Å². The van der Waals surface area contributed by atoms with Crippen LogP contribution in [-0.4, -0.2) is 33.6 Å². The lowest BCUT2D eigenvalue weighted by Gasteiger charge is -2.27. The van der Waals surface area contributed by atoms with Gasteiger partial charge in [-0.1, -0.05) is 158 Å². The van der Waals surface area contributed by atoms with E-state index in [9.17, 15) is 0 Å². The molecule has 0 saturated heterocycles. The Morgan fingerprint density at radius 3 is 1.69 bits per heavy atom. The third-order valence-electron chi connectivity index (χ3n) is 12.9. The van der Waals surface area contributed by atoms with E-state index in [1.807, 2.05) is 36.4 Å². The lowest BCUT2D eigenvalue weighted by molar-refractivity contribution is 0.618. The van der Waals surface area contributed by atoms with Gasteiger partial charge < -0.3 is 4.57 Å². The molecule has 7 nitrogen and oxygen atoms in total. The third kappa shape index (κ3) is 5.82. The molecule has 0 aliphatic carbocycles. The topological polar surface area (TPSA) is 66.3 Å². The number of hydrogen-bond acceptors (Lipinski definition) is 4. The summed E-state index contributed by atoms with van der Waals surface area (Å²) in [5, 5.41) is 3.52. The molecule has 0 N–H and O–H groups in total. The molecule has 1 aliphatic heterocycles. The highest BCUT2D eigenvalue weighted by Crippen LogP contribution is 2.43. The highest BCUT2D eigenvalue weighted by atomic mass is 15.3. The van der Waals surface area contributed by atoms with E-state index in [1.54, 1.807) is 0 Å². The number of rotatable bonds is 7. The number of imidazole rings is 1. The zero-order chi connectivity index (χ0) is 42.1. The molecule has 1 atom stereocenters. The number of para-hydroxylation sites is 3. The van der Waals surface area contributed by atoms with Crippen LogP contribution in [0.25, 0.3) is 95.1 Å². The second kappa shape index (κ2) is 14.6. The van der Waals surface area contributed by atoms with Crippen molar-refractivity contribution in [2.24, 2.45) is 0 Å². The minimum Gasteiger partial charge on any atom is -0.309 e. The summed E-state index contributed by atoms with van der Waals surface area (Å²) in [6.45, 7) is 0. The molecule has 4 aromatic heterocycles. The van der Waals surface area contributed by atoms with Crippen LogP contribution in [0.4, 0.5) is 0 Å². The van der Waals surface area contributed by atoms with Gasteiger partial charge >= 0.3 is 0 Å². The van der Waals surface area contributed by atoms with Crippen molar-refractivity contribution < 1.29 is 0 Å². The number of fused-ring (bicyclic) bond motifs is 10. The summed E-state index contributed by atoms with van der Waals surface area (Å²) in [4.78, 5) is 21.1. The molecule has 1 unspecified atom stereocenters. The molecule has 0 spiro atoms. The Kier molecular flexibility index (Phi) is 8.27. The lowest BCUT2D eigenvalue weighted by Crippen LogP contribution is -2.19. The standard InChI is InChI=1S/C57H39N7/c1-5-17-37(18-6-1)33-42-36-52-58-56-53(63(52)48-27-15-13-25-44(42)48)47-35-41(40-29-31-50-46(34-40)45-26-14-16-28-49(45)62(50)43-23-11-4-12-24-43)30-32-51(47)64(56)57-60-54(38-19-7-2-8-20-38)59-55(61-57)39-21-9-3-10-22-39/h1-32,34-35,42H,33,36H2. The van der Waals surface area contributed by atoms with Gasteiger partial charge in [-0.2, -0.15) is 9.97 Å². The first-order valence-electron chi connectivity index (χ1n) is 21.9. The molecule has 0 fully saturated rings. The Bertz CT molecular complexity index is 3660. The number of benzene rings is 8. The van der Waals surface area contributed by atoms with Gasteiger partial charge in [0.1, 0.15) is 11.3 Å². The first kappa shape index (κ1) is 36.3. The molecule has 5 heterocycles. The monoisotopic (exact) mass is 821 g/mol. The lowest BCUT2D eigenvalue weighted by atomic mass is 9.85. The molecule has 7 heteroatoms. The van der Waals surface area contributed by atoms with Gasteiger partial charge in [0, 0.05) is 39.4 Å². The summed E-state index contributed by atoms with van der Waals surface area (Å²) in [6, 6.07) is 73.0. The van der Waals surface area contributed by atoms with Crippen LogP contribution >= 0.6 is 0 Å². The van der Waals surface area contributed by atoms with Gasteiger partial charge in [0.15, 0.2) is 17.3 Å². The van der Waals surface area contributed by atoms with E-state index >= 15 is 0 Å². The first-order chi connectivity index (χ1) is 31.7. The Hall–Kier alpha value is -8.42. The zero-order valence-corrected chi connectivity index (χ0v) is 34.8. The molecule has 302 valence electrons. The Morgan fingerprint density at radius 2 is 0.984 bits per heavy atom. The molecule has 13 rings (SSSR count). The van der Waals surface area contributed by atoms with E-state index in [4.69, 9.17) is 19.9 Å². The van der Waals surface area contributed by atoms with Crippen LogP contribution in [0.3, 0.4) is 0 Å². The average molecular weight is 822 g/mol. The van der Waals surface area contributed by atoms with Crippen molar-refractivity contribution in [1.29, 1.82) is 0 Å². The van der Waals surface area contributed by atoms with Gasteiger partial charge in [-0.05, 0) is 83.1 Å². The molecule has 8 aromatic carbocycles. The van der Waals surface area contributed by atoms with Crippen molar-refractivity contribution in [1.82, 2.24) is 33.6 Å². The minimum absolute atomic E-state index is 0.268. The quantitative estimate of drug-likeness (QED) is 0.161. The highest BCUT2D eigenvalue weighted by molar-refractivity contribution is 6.12. The van der Waals surface area contributed by atoms with Gasteiger partial charge in [0.25, 0.3) is 0 Å². The summed E-state index contributed by atoms with van der Waals surface area (Å²) >= 11 is 0. The van der Waals surface area contributed by atoms with Crippen molar-refractivity contribution in [3.63, 3.8) is 0 Å². The van der Waals surface area contributed by atoms with Crippen molar-refractivity contribution in [2.45, 2.75) is 18.8 Å². The molecule has 12 aromatic rings. The van der Waals surface area contributed by atoms with E-state index in [0.29, 0.717) is 17.6 Å². The Morgan fingerprint density at radius 1 is 0.422 bits per heavy atom. The first-order valence-corrected chi connectivity index (χ1v) is 21.9. The molecule has 0 saturated carbocycles. The maximum Gasteiger partial charge on any atom is 0.240 e. The summed E-state index contributed by atoms with van der Waals surface area (Å²) in [5.41, 5.74) is 14.3. The summed E-state index contributed by atoms with van der Waals surface area (Å²) in [6.07, 6.45) is 1.73. The fraction of sp³-hybridized carbons (Fsp3) is 0.0526. The van der Waals surface area contributed by atoms with E-state index in [-0.39, 0.29) is 5.92 Å². The SMILES string of the molecule is c1ccc(CC2Cc3nc4c(c5cc(-c6ccc7c(c6)c6ccccc6n7-c6ccccc6)ccc5n4-c4nc(-c5ccccc5)nc(-c5ccccc5)n4)n3-c3ccccc32)cc1. The predicted octanol–water partition coefficient (Wildman–Crippen LogP) is 13.1. The van der Waals surface area contributed by atoms with Crippen molar-refractivity contribution in [3.05, 3.63) is 223 Å². The van der Waals surface area contributed by atoms with Gasteiger partial charge in [-0.25, -0.2) is 9.97 Å². The number of aromatic nitrogens is 7. The largest absolute Gasteiger partial charge is 0.309 e. The van der Waals surface area contributed by atoms with Crippen molar-refractivity contribution in [3.8, 4) is 51.2 Å². The van der Waals surface area contributed by atoms with Gasteiger partial charge in [0.2, 0.25) is 5.95 Å². The smallest absolute Gasteiger partial charge is 0.240 e. The maximum atomic E-state index is 5.59. The maximum absolute atomic E-state index is 5.59. The van der Waals surface area contributed by atoms with Gasteiger partial charge in [-0.15, -0.1) is 0 Å². The van der Waals surface area contributed by atoms with E-state index in [1.165, 1.54) is 32.9 Å². The van der Waals surface area contributed by atoms with Crippen LogP contribution < -0.4 is 0 Å². The molecule has 1 aliphatic rings. The predicted molar refractivity (Wildman–Crippen MR) is 259 cm³/mol. The van der Waals surface area contributed by atoms with Crippen LogP contribution in [0.5, 0.6) is 0 Å². The van der Waals surface area contributed by atoms with Crippen molar-refractivity contribution >= 4 is 43.9 Å². The highest BCUT2D eigenvalue weighted by Gasteiger charge is 2.31. The normalized spacial score (nSPS) is 13.5. The molecule has 0 radical (unpaired) electrons. The van der Waals surface area contributed by atoms with Crippen LogP contribution in [0.2, 0.25) is 0 Å².